The Morgan fingerprint density at radius 3 is 2.47 bits per heavy atom. The summed E-state index contributed by atoms with van der Waals surface area (Å²) >= 11 is 3.62. The van der Waals surface area contributed by atoms with Gasteiger partial charge in [0.2, 0.25) is 11.8 Å². The Balaban J connectivity index is 1.19. The van der Waals surface area contributed by atoms with Gasteiger partial charge in [-0.25, -0.2) is 0 Å². The minimum Gasteiger partial charge on any atom is -0.432 e. The van der Waals surface area contributed by atoms with Crippen LogP contribution in [0.1, 0.15) is 54.9 Å². The number of fused-ring (bicyclic) bond motifs is 3. The lowest BCUT2D eigenvalue weighted by Gasteiger charge is -2.37. The number of aliphatic hydroxyl groups excluding tert-OH is 1. The summed E-state index contributed by atoms with van der Waals surface area (Å²) in [4.78, 5) is 58.5. The summed E-state index contributed by atoms with van der Waals surface area (Å²) in [7, 11) is -2.99. The Morgan fingerprint density at radius 2 is 1.78 bits per heavy atom. The Labute approximate surface area is 297 Å². The van der Waals surface area contributed by atoms with E-state index in [1.165, 1.54) is 0 Å². The number of piperidine rings is 1. The van der Waals surface area contributed by atoms with Crippen LogP contribution in [0.2, 0.25) is 18.6 Å². The zero-order valence-electron chi connectivity index (χ0n) is 28.3. The fourth-order valence-electron chi connectivity index (χ4n) is 8.78. The molecule has 9 nitrogen and oxygen atoms in total. The molecule has 4 heterocycles. The van der Waals surface area contributed by atoms with Crippen LogP contribution in [-0.4, -0.2) is 66.1 Å². The third-order valence-corrected chi connectivity index (χ3v) is 14.1. The lowest BCUT2D eigenvalue weighted by molar-refractivity contribution is -0.151. The van der Waals surface area contributed by atoms with Crippen molar-refractivity contribution in [2.75, 3.05) is 23.0 Å². The van der Waals surface area contributed by atoms with Crippen LogP contribution in [0, 0.1) is 5.92 Å². The molecule has 7 rings (SSSR count). The fraction of sp³-hybridized carbons (Fsp3) is 0.447. The normalized spacial score (nSPS) is 26.8. The number of carbonyl (C=O) groups is 3. The van der Waals surface area contributed by atoms with Gasteiger partial charge in [0.05, 0.1) is 37.4 Å². The molecule has 1 spiro atoms. The summed E-state index contributed by atoms with van der Waals surface area (Å²) < 4.78 is 7.75. The topological polar surface area (TPSA) is 111 Å². The van der Waals surface area contributed by atoms with Gasteiger partial charge in [-0.1, -0.05) is 59.3 Å². The highest BCUT2D eigenvalue weighted by molar-refractivity contribution is 9.10. The summed E-state index contributed by atoms with van der Waals surface area (Å²) in [6.07, 6.45) is 2.34. The van der Waals surface area contributed by atoms with Gasteiger partial charge in [0, 0.05) is 46.7 Å². The molecule has 258 valence electrons. The number of halogens is 1. The van der Waals surface area contributed by atoms with Crippen LogP contribution in [0.4, 0.5) is 11.4 Å². The van der Waals surface area contributed by atoms with Gasteiger partial charge in [-0.15, -0.1) is 0 Å². The predicted octanol–water partition coefficient (Wildman–Crippen LogP) is 5.65. The first kappa shape index (κ1) is 34.1. The summed E-state index contributed by atoms with van der Waals surface area (Å²) in [6.45, 7) is 6.95. The quantitative estimate of drug-likeness (QED) is 0.303. The van der Waals surface area contributed by atoms with E-state index in [1.807, 2.05) is 91.6 Å². The van der Waals surface area contributed by atoms with E-state index in [4.69, 9.17) is 4.74 Å². The molecule has 2 N–H and O–H groups in total. The Morgan fingerprint density at radius 1 is 1.04 bits per heavy atom. The molecule has 4 aliphatic rings. The van der Waals surface area contributed by atoms with Gasteiger partial charge in [0.15, 0.2) is 13.9 Å². The molecule has 2 saturated heterocycles. The third-order valence-electron chi connectivity index (χ3n) is 11.1. The number of benzene rings is 3. The second-order valence-electron chi connectivity index (χ2n) is 14.6. The highest BCUT2D eigenvalue weighted by atomic mass is 79.9. The first-order valence-electron chi connectivity index (χ1n) is 17.3. The SMILES string of the molecule is C[C@H]1[C@H]([Si](C)(C)O)[C@@H](CC(=O)N2Cc3ccccc3C[C@H]2CO)O[C@]12C(=O)N(Cc1ccc(N3CCCCC3=O)cc1)c1ccc(Br)cc12. The van der Waals surface area contributed by atoms with Crippen molar-refractivity contribution in [2.45, 2.75) is 88.5 Å². The fourth-order valence-corrected chi connectivity index (χ4v) is 11.7. The van der Waals surface area contributed by atoms with Crippen molar-refractivity contribution in [3.05, 3.63) is 93.5 Å². The van der Waals surface area contributed by atoms with E-state index in [2.05, 4.69) is 15.9 Å². The van der Waals surface area contributed by atoms with Crippen molar-refractivity contribution in [3.63, 3.8) is 0 Å². The molecule has 0 aliphatic carbocycles. The average molecular weight is 747 g/mol. The van der Waals surface area contributed by atoms with Crippen molar-refractivity contribution in [1.82, 2.24) is 4.90 Å². The van der Waals surface area contributed by atoms with Crippen LogP contribution in [0.5, 0.6) is 0 Å². The Hall–Kier alpha value is -3.35. The van der Waals surface area contributed by atoms with E-state index >= 15 is 0 Å². The van der Waals surface area contributed by atoms with E-state index in [0.717, 1.165) is 50.9 Å². The lowest BCUT2D eigenvalue weighted by atomic mass is 9.82. The van der Waals surface area contributed by atoms with Crippen molar-refractivity contribution in [3.8, 4) is 0 Å². The molecule has 5 atom stereocenters. The molecule has 3 aromatic rings. The summed E-state index contributed by atoms with van der Waals surface area (Å²) in [5.74, 6) is -0.639. The zero-order chi connectivity index (χ0) is 34.7. The van der Waals surface area contributed by atoms with Gasteiger partial charge >= 0.3 is 0 Å². The number of rotatable bonds is 7. The molecule has 2 fully saturated rings. The maximum atomic E-state index is 14.8. The molecule has 0 aromatic heterocycles. The smallest absolute Gasteiger partial charge is 0.264 e. The molecular formula is C38H44BrN3O6Si. The van der Waals surface area contributed by atoms with Crippen LogP contribution in [0.3, 0.4) is 0 Å². The predicted molar refractivity (Wildman–Crippen MR) is 193 cm³/mol. The third kappa shape index (κ3) is 5.97. The average Bonchev–Trinajstić information content (AvgIpc) is 3.50. The highest BCUT2D eigenvalue weighted by Crippen LogP contribution is 2.60. The molecule has 0 radical (unpaired) electrons. The van der Waals surface area contributed by atoms with Crippen LogP contribution >= 0.6 is 15.9 Å². The molecular weight excluding hydrogens is 702 g/mol. The number of hydrogen-bond donors (Lipinski definition) is 2. The van der Waals surface area contributed by atoms with Crippen molar-refractivity contribution in [1.29, 1.82) is 0 Å². The second kappa shape index (κ2) is 13.1. The van der Waals surface area contributed by atoms with Gasteiger partial charge in [-0.2, -0.15) is 0 Å². The minimum absolute atomic E-state index is 0.000285. The molecule has 0 saturated carbocycles. The lowest BCUT2D eigenvalue weighted by Crippen LogP contribution is -2.48. The van der Waals surface area contributed by atoms with Gasteiger partial charge in [-0.3, -0.25) is 14.4 Å². The molecule has 3 aromatic carbocycles. The van der Waals surface area contributed by atoms with E-state index < -0.39 is 31.5 Å². The van der Waals surface area contributed by atoms with Crippen molar-refractivity contribution < 1.29 is 29.0 Å². The molecule has 3 amide bonds. The molecule has 4 aliphatic heterocycles. The maximum Gasteiger partial charge on any atom is 0.264 e. The number of aliphatic hydroxyl groups is 1. The molecule has 0 bridgehead atoms. The van der Waals surface area contributed by atoms with Crippen molar-refractivity contribution >= 4 is 53.3 Å². The summed E-state index contributed by atoms with van der Waals surface area (Å²) in [5, 5.41) is 10.3. The summed E-state index contributed by atoms with van der Waals surface area (Å²) in [6, 6.07) is 21.2. The minimum atomic E-state index is -2.99. The van der Waals surface area contributed by atoms with E-state index in [9.17, 15) is 24.3 Å². The standard InChI is InChI=1S/C38H44BrN3O6Si/c1-24-36(49(2,3)47)33(20-35(45)41-22-27-9-5-4-8-26(27)18-30(41)23-43)48-38(24)31-19-28(39)13-16-32(31)42(37(38)46)21-25-11-14-29(15-12-25)40-17-7-6-10-34(40)44/h4-5,8-9,11-16,19,24,30,33,36,43,47H,6-7,10,17-18,20-23H2,1-3H3/t24-,30-,33+,36-,38+/m0/s1. The Kier molecular flexibility index (Phi) is 9.10. The van der Waals surface area contributed by atoms with Crippen LogP contribution in [0.15, 0.2) is 71.2 Å². The Bertz CT molecular complexity index is 1780. The number of anilines is 2. The van der Waals surface area contributed by atoms with Crippen LogP contribution < -0.4 is 9.80 Å². The van der Waals surface area contributed by atoms with Gasteiger partial charge in [0.25, 0.3) is 5.91 Å². The van der Waals surface area contributed by atoms with Crippen molar-refractivity contribution in [2.24, 2.45) is 5.92 Å². The zero-order valence-corrected chi connectivity index (χ0v) is 30.9. The first-order chi connectivity index (χ1) is 23.4. The van der Waals surface area contributed by atoms with Crippen LogP contribution in [0.25, 0.3) is 0 Å². The maximum absolute atomic E-state index is 14.8. The number of carbonyl (C=O) groups excluding carboxylic acids is 3. The van der Waals surface area contributed by atoms with Gasteiger partial charge in [-0.05, 0) is 79.4 Å². The second-order valence-corrected chi connectivity index (χ2v) is 19.5. The molecule has 49 heavy (non-hydrogen) atoms. The number of amides is 3. The first-order valence-corrected chi connectivity index (χ1v) is 21.1. The number of nitrogens with zero attached hydrogens (tertiary/aromatic N) is 3. The van der Waals surface area contributed by atoms with Gasteiger partial charge in [0.1, 0.15) is 0 Å². The summed E-state index contributed by atoms with van der Waals surface area (Å²) in [5.41, 5.74) is 3.65. The monoisotopic (exact) mass is 745 g/mol. The van der Waals surface area contributed by atoms with E-state index in [-0.39, 0.29) is 36.8 Å². The van der Waals surface area contributed by atoms with Gasteiger partial charge < -0.3 is 29.3 Å². The number of hydrogen-bond acceptors (Lipinski definition) is 6. The molecule has 11 heteroatoms. The largest absolute Gasteiger partial charge is 0.432 e. The highest BCUT2D eigenvalue weighted by Gasteiger charge is 2.66. The van der Waals surface area contributed by atoms with E-state index in [1.54, 1.807) is 9.80 Å². The van der Waals surface area contributed by atoms with E-state index in [0.29, 0.717) is 32.5 Å². The number of ether oxygens (including phenoxy) is 1. The van der Waals surface area contributed by atoms with Crippen LogP contribution in [-0.2, 0) is 44.2 Å². The molecule has 0 unspecified atom stereocenters.